The smallest absolute Gasteiger partial charge is 0.308 e. The van der Waals surface area contributed by atoms with Crippen molar-refractivity contribution in [1.82, 2.24) is 4.57 Å². The second-order valence-corrected chi connectivity index (χ2v) is 6.00. The highest BCUT2D eigenvalue weighted by Crippen LogP contribution is 2.24. The van der Waals surface area contributed by atoms with E-state index in [1.807, 2.05) is 19.9 Å². The quantitative estimate of drug-likeness (QED) is 0.910. The molecule has 0 spiro atoms. The van der Waals surface area contributed by atoms with Crippen molar-refractivity contribution in [3.05, 3.63) is 33.7 Å². The van der Waals surface area contributed by atoms with Gasteiger partial charge in [-0.3, -0.25) is 9.59 Å². The average Bonchev–Trinajstić information content (AvgIpc) is 2.28. The molecular weight excluding hydrogens is 242 g/mol. The van der Waals surface area contributed by atoms with Crippen LogP contribution < -0.4 is 5.56 Å². The van der Waals surface area contributed by atoms with Gasteiger partial charge in [0.25, 0.3) is 5.56 Å². The van der Waals surface area contributed by atoms with Crippen LogP contribution >= 0.6 is 0 Å². The van der Waals surface area contributed by atoms with Crippen molar-refractivity contribution in [1.29, 1.82) is 0 Å². The molecule has 1 rings (SSSR count). The third-order valence-corrected chi connectivity index (χ3v) is 3.34. The molecule has 0 fully saturated rings. The van der Waals surface area contributed by atoms with E-state index in [0.29, 0.717) is 5.56 Å². The summed E-state index contributed by atoms with van der Waals surface area (Å²) in [6.07, 6.45) is 0.610. The number of carboxylic acid groups (broad SMARTS) is 1. The molecule has 0 bridgehead atoms. The highest BCUT2D eigenvalue weighted by Gasteiger charge is 2.22. The predicted octanol–water partition coefficient (Wildman–Crippen LogP) is 2.74. The van der Waals surface area contributed by atoms with Crippen LogP contribution in [0.5, 0.6) is 0 Å². The van der Waals surface area contributed by atoms with Crippen molar-refractivity contribution in [3.8, 4) is 0 Å². The van der Waals surface area contributed by atoms with Crippen LogP contribution in [0.2, 0.25) is 0 Å². The summed E-state index contributed by atoms with van der Waals surface area (Å²) in [6.45, 7) is 10.2. The fraction of sp³-hybridized carbons (Fsp3) is 0.600. The molecule has 0 aliphatic rings. The van der Waals surface area contributed by atoms with E-state index in [4.69, 9.17) is 5.11 Å². The normalized spacial score (nSPS) is 13.3. The molecule has 1 atom stereocenters. The van der Waals surface area contributed by atoms with Crippen molar-refractivity contribution in [3.63, 3.8) is 0 Å². The van der Waals surface area contributed by atoms with Crippen LogP contribution in [0.4, 0.5) is 0 Å². The molecule has 1 N–H and O–H groups in total. The van der Waals surface area contributed by atoms with Crippen molar-refractivity contribution in [2.75, 3.05) is 0 Å². The van der Waals surface area contributed by atoms with Gasteiger partial charge in [-0.1, -0.05) is 33.8 Å². The zero-order valence-corrected chi connectivity index (χ0v) is 12.4. The van der Waals surface area contributed by atoms with Crippen LogP contribution in [0.1, 0.15) is 58.3 Å². The second-order valence-electron chi connectivity index (χ2n) is 6.00. The van der Waals surface area contributed by atoms with E-state index in [1.54, 1.807) is 10.6 Å². The first-order valence-electron chi connectivity index (χ1n) is 6.65. The van der Waals surface area contributed by atoms with Crippen LogP contribution in [-0.4, -0.2) is 15.6 Å². The van der Waals surface area contributed by atoms with Crippen molar-refractivity contribution < 1.29 is 9.90 Å². The minimum absolute atomic E-state index is 0.0652. The summed E-state index contributed by atoms with van der Waals surface area (Å²) < 4.78 is 1.75. The Labute approximate surface area is 114 Å². The first kappa shape index (κ1) is 15.5. The van der Waals surface area contributed by atoms with Crippen LogP contribution in [0.3, 0.4) is 0 Å². The molecule has 0 aromatic carbocycles. The number of pyridine rings is 1. The molecule has 4 heteroatoms. The predicted molar refractivity (Wildman–Crippen MR) is 75.7 cm³/mol. The lowest BCUT2D eigenvalue weighted by molar-refractivity contribution is -0.136. The van der Waals surface area contributed by atoms with Gasteiger partial charge in [0.2, 0.25) is 0 Å². The highest BCUT2D eigenvalue weighted by atomic mass is 16.4. The van der Waals surface area contributed by atoms with E-state index in [0.717, 1.165) is 12.1 Å². The molecular formula is C15H23NO3. The zero-order chi connectivity index (χ0) is 14.8. The second kappa shape index (κ2) is 5.59. The maximum absolute atomic E-state index is 12.5. The fourth-order valence-electron chi connectivity index (χ4n) is 2.12. The summed E-state index contributed by atoms with van der Waals surface area (Å²) in [6, 6.07) is 3.59. The number of rotatable bonds is 4. The van der Waals surface area contributed by atoms with Crippen LogP contribution in [0.15, 0.2) is 16.9 Å². The Morgan fingerprint density at radius 2 is 1.95 bits per heavy atom. The maximum atomic E-state index is 12.5. The number of aromatic nitrogens is 1. The first-order valence-corrected chi connectivity index (χ1v) is 6.65. The Morgan fingerprint density at radius 1 is 1.37 bits per heavy atom. The molecule has 1 aromatic heterocycles. The topological polar surface area (TPSA) is 59.3 Å². The molecule has 0 saturated heterocycles. The molecule has 19 heavy (non-hydrogen) atoms. The van der Waals surface area contributed by atoms with E-state index in [1.165, 1.54) is 0 Å². The molecule has 0 amide bonds. The SMILES string of the molecule is CCC(C)n1c(C(C)(C)C)ccc(CC(=O)O)c1=O. The monoisotopic (exact) mass is 265 g/mol. The van der Waals surface area contributed by atoms with E-state index in [2.05, 4.69) is 20.8 Å². The third kappa shape index (κ3) is 3.46. The molecule has 0 radical (unpaired) electrons. The van der Waals surface area contributed by atoms with Gasteiger partial charge in [-0.15, -0.1) is 0 Å². The lowest BCUT2D eigenvalue weighted by Gasteiger charge is -2.28. The van der Waals surface area contributed by atoms with E-state index in [-0.39, 0.29) is 23.4 Å². The van der Waals surface area contributed by atoms with Gasteiger partial charge in [0, 0.05) is 22.7 Å². The number of hydrogen-bond acceptors (Lipinski definition) is 2. The molecule has 4 nitrogen and oxygen atoms in total. The number of aliphatic carboxylic acids is 1. The number of hydrogen-bond donors (Lipinski definition) is 1. The van der Waals surface area contributed by atoms with E-state index in [9.17, 15) is 9.59 Å². The molecule has 0 aliphatic carbocycles. The third-order valence-electron chi connectivity index (χ3n) is 3.34. The minimum Gasteiger partial charge on any atom is -0.481 e. The molecule has 0 saturated carbocycles. The molecule has 1 aromatic rings. The summed E-state index contributed by atoms with van der Waals surface area (Å²) in [5, 5.41) is 8.86. The summed E-state index contributed by atoms with van der Waals surface area (Å²) in [5.74, 6) is -0.976. The Morgan fingerprint density at radius 3 is 2.37 bits per heavy atom. The summed E-state index contributed by atoms with van der Waals surface area (Å²) in [5.41, 5.74) is 0.968. The summed E-state index contributed by atoms with van der Waals surface area (Å²) in [7, 11) is 0. The van der Waals surface area contributed by atoms with Crippen molar-refractivity contribution in [2.24, 2.45) is 0 Å². The Balaban J connectivity index is 3.50. The largest absolute Gasteiger partial charge is 0.481 e. The van der Waals surface area contributed by atoms with Gasteiger partial charge in [-0.25, -0.2) is 0 Å². The zero-order valence-electron chi connectivity index (χ0n) is 12.4. The van der Waals surface area contributed by atoms with Gasteiger partial charge in [-0.2, -0.15) is 0 Å². The number of carbonyl (C=O) groups is 1. The van der Waals surface area contributed by atoms with Gasteiger partial charge in [0.15, 0.2) is 0 Å². The molecule has 1 unspecified atom stereocenters. The van der Waals surface area contributed by atoms with Crippen LogP contribution in [0.25, 0.3) is 0 Å². The number of nitrogens with zero attached hydrogens (tertiary/aromatic N) is 1. The molecule has 0 aliphatic heterocycles. The fourth-order valence-corrected chi connectivity index (χ4v) is 2.12. The summed E-state index contributed by atoms with van der Waals surface area (Å²) in [4.78, 5) is 23.3. The Bertz CT molecular complexity index is 523. The lowest BCUT2D eigenvalue weighted by atomic mass is 9.90. The minimum atomic E-state index is -0.976. The highest BCUT2D eigenvalue weighted by molar-refractivity contribution is 5.70. The van der Waals surface area contributed by atoms with Gasteiger partial charge < -0.3 is 9.67 Å². The first-order chi connectivity index (χ1) is 8.68. The van der Waals surface area contributed by atoms with Crippen molar-refractivity contribution >= 4 is 5.97 Å². The Kier molecular flexibility index (Phi) is 4.56. The van der Waals surface area contributed by atoms with Gasteiger partial charge >= 0.3 is 5.97 Å². The standard InChI is InChI=1S/C15H23NO3/c1-6-10(2)16-12(15(3,4)5)8-7-11(14(16)19)9-13(17)18/h7-8,10H,6,9H2,1-5H3,(H,17,18). The molecule has 1 heterocycles. The van der Waals surface area contributed by atoms with Crippen molar-refractivity contribution in [2.45, 2.75) is 58.9 Å². The average molecular weight is 265 g/mol. The Hall–Kier alpha value is -1.58. The maximum Gasteiger partial charge on any atom is 0.308 e. The van der Waals surface area contributed by atoms with E-state index < -0.39 is 5.97 Å². The van der Waals surface area contributed by atoms with E-state index >= 15 is 0 Å². The van der Waals surface area contributed by atoms with Crippen LogP contribution in [-0.2, 0) is 16.6 Å². The number of carboxylic acids is 1. The molecule has 106 valence electrons. The van der Waals surface area contributed by atoms with Gasteiger partial charge in [0.05, 0.1) is 6.42 Å². The summed E-state index contributed by atoms with van der Waals surface area (Å²) >= 11 is 0. The van der Waals surface area contributed by atoms with Gasteiger partial charge in [-0.05, 0) is 19.4 Å². The van der Waals surface area contributed by atoms with Crippen LogP contribution in [0, 0.1) is 0 Å². The lowest BCUT2D eigenvalue weighted by Crippen LogP contribution is -2.34. The van der Waals surface area contributed by atoms with Gasteiger partial charge in [0.1, 0.15) is 0 Å².